The maximum Gasteiger partial charge on any atom is 0.147 e. The average Bonchev–Trinajstić information content (AvgIpc) is 2.43. The van der Waals surface area contributed by atoms with Gasteiger partial charge >= 0.3 is 0 Å². The number of aromatic nitrogens is 1. The van der Waals surface area contributed by atoms with Crippen molar-refractivity contribution in [3.8, 4) is 0 Å². The molecular formula is C15H17Cl2N3S. The fourth-order valence-corrected chi connectivity index (χ4v) is 3.59. The lowest BCUT2D eigenvalue weighted by Gasteiger charge is -2.31. The van der Waals surface area contributed by atoms with E-state index in [-0.39, 0.29) is 12.4 Å². The number of likely N-dealkylation sites (N-methyl/N-ethyl adjacent to an activating group) is 1. The van der Waals surface area contributed by atoms with Crippen molar-refractivity contribution in [2.24, 2.45) is 0 Å². The van der Waals surface area contributed by atoms with Crippen molar-refractivity contribution in [2.45, 2.75) is 9.79 Å². The number of nitrogens with one attached hydrogen (secondary N) is 1. The predicted molar refractivity (Wildman–Crippen MR) is 84.5 cm³/mol. The number of nitrogens with zero attached hydrogens (tertiary/aromatic N) is 2. The lowest BCUT2D eigenvalue weighted by Crippen LogP contribution is -3.06. The summed E-state index contributed by atoms with van der Waals surface area (Å²) in [6.45, 7) is 2.00. The second-order valence-corrected chi connectivity index (χ2v) is 6.67. The molecule has 0 spiro atoms. The smallest absolute Gasteiger partial charge is 0.147 e. The van der Waals surface area contributed by atoms with Crippen molar-refractivity contribution >= 4 is 34.9 Å². The molecule has 1 aliphatic heterocycles. The number of benzene rings is 1. The Morgan fingerprint density at radius 3 is 2.81 bits per heavy atom. The minimum atomic E-state index is 0. The highest BCUT2D eigenvalue weighted by molar-refractivity contribution is 7.99. The normalized spacial score (nSPS) is 12.7. The molecule has 1 aromatic carbocycles. The first-order valence-electron chi connectivity index (χ1n) is 6.64. The van der Waals surface area contributed by atoms with E-state index in [1.165, 1.54) is 20.4 Å². The molecule has 0 atom stereocenters. The number of pyridine rings is 1. The topological polar surface area (TPSA) is 20.6 Å². The van der Waals surface area contributed by atoms with Crippen LogP contribution in [0.5, 0.6) is 0 Å². The molecule has 2 heterocycles. The van der Waals surface area contributed by atoms with Gasteiger partial charge in [0.25, 0.3) is 0 Å². The molecule has 112 valence electrons. The van der Waals surface area contributed by atoms with E-state index in [0.29, 0.717) is 0 Å². The van der Waals surface area contributed by atoms with E-state index < -0.39 is 0 Å². The zero-order valence-electron chi connectivity index (χ0n) is 11.9. The van der Waals surface area contributed by atoms with Crippen molar-refractivity contribution in [1.82, 2.24) is 4.98 Å². The number of hydrogen-bond acceptors (Lipinski definition) is 3. The van der Waals surface area contributed by atoms with E-state index >= 15 is 0 Å². The molecule has 3 rings (SSSR count). The summed E-state index contributed by atoms with van der Waals surface area (Å²) < 4.78 is 0. The zero-order valence-corrected chi connectivity index (χ0v) is 14.3. The zero-order chi connectivity index (χ0) is 14.1. The van der Waals surface area contributed by atoms with E-state index in [2.05, 4.69) is 36.1 Å². The summed E-state index contributed by atoms with van der Waals surface area (Å²) in [5.41, 5.74) is 1.20. The molecule has 1 N–H and O–H groups in total. The van der Waals surface area contributed by atoms with Gasteiger partial charge in [-0.3, -0.25) is 0 Å². The Morgan fingerprint density at radius 2 is 2.05 bits per heavy atom. The summed E-state index contributed by atoms with van der Waals surface area (Å²) in [4.78, 5) is 10.7. The fourth-order valence-electron chi connectivity index (χ4n) is 2.25. The summed E-state index contributed by atoms with van der Waals surface area (Å²) in [6.07, 6.45) is 1.86. The average molecular weight is 342 g/mol. The molecule has 3 nitrogen and oxygen atoms in total. The quantitative estimate of drug-likeness (QED) is 0.812. The van der Waals surface area contributed by atoms with Gasteiger partial charge in [0.15, 0.2) is 0 Å². The van der Waals surface area contributed by atoms with Crippen molar-refractivity contribution in [2.75, 3.05) is 32.1 Å². The van der Waals surface area contributed by atoms with E-state index in [4.69, 9.17) is 11.6 Å². The lowest BCUT2D eigenvalue weighted by atomic mass is 10.2. The number of fused-ring (bicyclic) bond motifs is 2. The van der Waals surface area contributed by atoms with E-state index in [9.17, 15) is 0 Å². The van der Waals surface area contributed by atoms with Gasteiger partial charge in [-0.15, -0.1) is 0 Å². The van der Waals surface area contributed by atoms with Gasteiger partial charge in [0.2, 0.25) is 0 Å². The molecule has 2 aromatic rings. The summed E-state index contributed by atoms with van der Waals surface area (Å²) in [5.74, 6) is 1.05. The van der Waals surface area contributed by atoms with Crippen LogP contribution >= 0.6 is 23.4 Å². The predicted octanol–water partition coefficient (Wildman–Crippen LogP) is -0.514. The first kappa shape index (κ1) is 16.4. The highest BCUT2D eigenvalue weighted by Gasteiger charge is 2.24. The minimum absolute atomic E-state index is 0. The van der Waals surface area contributed by atoms with Crippen LogP contribution in [0.2, 0.25) is 5.02 Å². The number of quaternary nitrogens is 1. The lowest BCUT2D eigenvalue weighted by molar-refractivity contribution is -0.856. The molecular weight excluding hydrogens is 325 g/mol. The largest absolute Gasteiger partial charge is 1.00 e. The van der Waals surface area contributed by atoms with Gasteiger partial charge in [0.1, 0.15) is 5.82 Å². The fraction of sp³-hybridized carbons (Fsp3) is 0.267. The monoisotopic (exact) mass is 341 g/mol. The van der Waals surface area contributed by atoms with Crippen molar-refractivity contribution in [1.29, 1.82) is 0 Å². The van der Waals surface area contributed by atoms with Gasteiger partial charge in [-0.25, -0.2) is 4.98 Å². The molecule has 0 bridgehead atoms. The van der Waals surface area contributed by atoms with Crippen LogP contribution in [0.3, 0.4) is 0 Å². The van der Waals surface area contributed by atoms with Crippen LogP contribution in [-0.4, -0.2) is 32.2 Å². The molecule has 0 amide bonds. The Hall–Kier alpha value is -0.940. The molecule has 0 radical (unpaired) electrons. The Labute approximate surface area is 140 Å². The second-order valence-electron chi connectivity index (χ2n) is 5.15. The van der Waals surface area contributed by atoms with Crippen LogP contribution in [0.4, 0.5) is 11.5 Å². The van der Waals surface area contributed by atoms with Crippen LogP contribution < -0.4 is 22.2 Å². The Morgan fingerprint density at radius 1 is 1.24 bits per heavy atom. The van der Waals surface area contributed by atoms with Crippen LogP contribution in [0.1, 0.15) is 0 Å². The first-order chi connectivity index (χ1) is 9.65. The molecule has 21 heavy (non-hydrogen) atoms. The molecule has 0 saturated heterocycles. The number of halogens is 2. The van der Waals surface area contributed by atoms with E-state index in [1.54, 1.807) is 11.8 Å². The molecule has 6 heteroatoms. The second kappa shape index (κ2) is 6.88. The van der Waals surface area contributed by atoms with Crippen molar-refractivity contribution in [3.63, 3.8) is 0 Å². The minimum Gasteiger partial charge on any atom is -1.00 e. The van der Waals surface area contributed by atoms with Gasteiger partial charge in [-0.05, 0) is 30.3 Å². The molecule has 1 aliphatic rings. The summed E-state index contributed by atoms with van der Waals surface area (Å²) in [7, 11) is 4.33. The van der Waals surface area contributed by atoms with Gasteiger partial charge < -0.3 is 22.2 Å². The third-order valence-electron chi connectivity index (χ3n) is 3.27. The first-order valence-corrected chi connectivity index (χ1v) is 7.83. The summed E-state index contributed by atoms with van der Waals surface area (Å²) >= 11 is 7.87. The van der Waals surface area contributed by atoms with Gasteiger partial charge in [-0.1, -0.05) is 23.4 Å². The molecule has 0 fully saturated rings. The van der Waals surface area contributed by atoms with Crippen molar-refractivity contribution < 1.29 is 17.3 Å². The number of hydrogen-bond donors (Lipinski definition) is 1. The third-order valence-corrected chi connectivity index (χ3v) is 4.60. The summed E-state index contributed by atoms with van der Waals surface area (Å²) in [5, 5.41) is 0.779. The molecule has 0 aliphatic carbocycles. The Bertz CT molecular complexity index is 634. The molecule has 1 aromatic heterocycles. The summed E-state index contributed by atoms with van der Waals surface area (Å²) in [6, 6.07) is 10.2. The highest BCUT2D eigenvalue weighted by atomic mass is 35.5. The molecule has 0 unspecified atom stereocenters. The SMILES string of the molecule is C[NH+](C)CCN1c2ccc(Cl)cc2Sc2cccnc21.[Cl-]. The van der Waals surface area contributed by atoms with Gasteiger partial charge in [-0.2, -0.15) is 0 Å². The van der Waals surface area contributed by atoms with Gasteiger partial charge in [0, 0.05) is 16.1 Å². The Kier molecular flexibility index (Phi) is 5.38. The van der Waals surface area contributed by atoms with E-state index in [0.717, 1.165) is 23.9 Å². The van der Waals surface area contributed by atoms with Gasteiger partial charge in [0.05, 0.1) is 37.8 Å². The third kappa shape index (κ3) is 3.46. The standard InChI is InChI=1S/C15H16ClN3S.ClH/c1-18(2)8-9-19-12-6-5-11(16)10-14(12)20-13-4-3-7-17-15(13)19;/h3-7,10H,8-9H2,1-2H3;1H. The van der Waals surface area contributed by atoms with E-state index in [1.807, 2.05) is 24.4 Å². The highest BCUT2D eigenvalue weighted by Crippen LogP contribution is 2.47. The van der Waals surface area contributed by atoms with Crippen LogP contribution in [0.15, 0.2) is 46.3 Å². The molecule has 0 saturated carbocycles. The number of anilines is 2. The maximum atomic E-state index is 6.13. The van der Waals surface area contributed by atoms with Crippen molar-refractivity contribution in [3.05, 3.63) is 41.6 Å². The van der Waals surface area contributed by atoms with Crippen LogP contribution in [-0.2, 0) is 0 Å². The van der Waals surface area contributed by atoms with Crippen LogP contribution in [0, 0.1) is 0 Å². The number of rotatable bonds is 3. The maximum absolute atomic E-state index is 6.13. The van der Waals surface area contributed by atoms with Crippen LogP contribution in [0.25, 0.3) is 0 Å². The Balaban J connectivity index is 0.00000161.